The van der Waals surface area contributed by atoms with Gasteiger partial charge in [-0.2, -0.15) is 0 Å². The van der Waals surface area contributed by atoms with Gasteiger partial charge in [0.05, 0.1) is 6.04 Å². The van der Waals surface area contributed by atoms with E-state index in [9.17, 15) is 4.79 Å². The molecule has 1 heterocycles. The van der Waals surface area contributed by atoms with Crippen LogP contribution in [0.3, 0.4) is 0 Å². The van der Waals surface area contributed by atoms with Crippen LogP contribution in [-0.2, 0) is 4.79 Å². The molecule has 0 bridgehead atoms. The fraction of sp³-hybridized carbons (Fsp3) is 0.562. The summed E-state index contributed by atoms with van der Waals surface area (Å²) in [6, 6.07) is 8.61. The predicted molar refractivity (Wildman–Crippen MR) is 86.3 cm³/mol. The van der Waals surface area contributed by atoms with E-state index in [0.717, 1.165) is 0 Å². The van der Waals surface area contributed by atoms with Gasteiger partial charge >= 0.3 is 0 Å². The molecular formula is C16H23N5O. The summed E-state index contributed by atoms with van der Waals surface area (Å²) in [6.45, 7) is 3.81. The Morgan fingerprint density at radius 3 is 2.68 bits per heavy atom. The molecule has 1 aromatic rings. The van der Waals surface area contributed by atoms with Crippen molar-refractivity contribution in [3.8, 4) is 0 Å². The van der Waals surface area contributed by atoms with Gasteiger partial charge in [-0.15, -0.1) is 0 Å². The fourth-order valence-electron chi connectivity index (χ4n) is 2.87. The van der Waals surface area contributed by atoms with E-state index in [-0.39, 0.29) is 17.9 Å². The lowest BCUT2D eigenvalue weighted by Crippen LogP contribution is -2.36. The number of benzene rings is 1. The topological polar surface area (TPSA) is 72.3 Å². The van der Waals surface area contributed by atoms with Gasteiger partial charge in [0.2, 0.25) is 5.91 Å². The summed E-state index contributed by atoms with van der Waals surface area (Å²) >= 11 is 0. The number of carbonyl (C=O) groups excluding carboxylic acids is 1. The summed E-state index contributed by atoms with van der Waals surface area (Å²) in [5.41, 5.74) is 10.8. The average Bonchev–Trinajstić information content (AvgIpc) is 2.83. The lowest BCUT2D eigenvalue weighted by Gasteiger charge is -2.29. The quantitative estimate of drug-likeness (QED) is 0.460. The maximum atomic E-state index is 12.2. The fourth-order valence-corrected chi connectivity index (χ4v) is 2.87. The van der Waals surface area contributed by atoms with E-state index in [1.54, 1.807) is 0 Å². The highest BCUT2D eigenvalue weighted by Gasteiger charge is 2.31. The zero-order valence-electron chi connectivity index (χ0n) is 13.4. The van der Waals surface area contributed by atoms with E-state index < -0.39 is 0 Å². The third-order valence-electron chi connectivity index (χ3n) is 4.18. The molecule has 0 spiro atoms. The minimum Gasteiger partial charge on any atom is -0.340 e. The van der Waals surface area contributed by atoms with Crippen LogP contribution in [0.1, 0.15) is 23.6 Å². The van der Waals surface area contributed by atoms with Gasteiger partial charge in [0.1, 0.15) is 0 Å². The van der Waals surface area contributed by atoms with Crippen LogP contribution in [0, 0.1) is 12.8 Å². The van der Waals surface area contributed by atoms with Gasteiger partial charge in [-0.25, -0.2) is 0 Å². The average molecular weight is 301 g/mol. The van der Waals surface area contributed by atoms with E-state index in [2.05, 4.69) is 46.1 Å². The van der Waals surface area contributed by atoms with Crippen LogP contribution >= 0.6 is 0 Å². The van der Waals surface area contributed by atoms with Gasteiger partial charge in [-0.1, -0.05) is 34.9 Å². The summed E-state index contributed by atoms with van der Waals surface area (Å²) in [5, 5.41) is 3.60. The molecule has 1 aliphatic rings. The second-order valence-corrected chi connectivity index (χ2v) is 6.17. The maximum Gasteiger partial charge on any atom is 0.222 e. The lowest BCUT2D eigenvalue weighted by atomic mass is 10.0. The van der Waals surface area contributed by atoms with Gasteiger partial charge in [0.25, 0.3) is 0 Å². The third kappa shape index (κ3) is 4.00. The number of hydrogen-bond acceptors (Lipinski definition) is 3. The molecule has 0 saturated carbocycles. The highest BCUT2D eigenvalue weighted by atomic mass is 16.2. The van der Waals surface area contributed by atoms with E-state index in [0.29, 0.717) is 26.1 Å². The monoisotopic (exact) mass is 301 g/mol. The second kappa shape index (κ2) is 7.29. The van der Waals surface area contributed by atoms with Gasteiger partial charge in [0.15, 0.2) is 0 Å². The molecule has 2 rings (SSSR count). The van der Waals surface area contributed by atoms with Crippen molar-refractivity contribution in [1.82, 2.24) is 9.80 Å². The Bertz CT molecular complexity index is 562. The van der Waals surface area contributed by atoms with Gasteiger partial charge in [-0.05, 0) is 38.0 Å². The molecule has 0 aliphatic carbocycles. The Hall–Kier alpha value is -2.04. The highest BCUT2D eigenvalue weighted by Crippen LogP contribution is 2.25. The Kier molecular flexibility index (Phi) is 5.41. The van der Waals surface area contributed by atoms with Crippen molar-refractivity contribution in [2.45, 2.75) is 19.4 Å². The lowest BCUT2D eigenvalue weighted by molar-refractivity contribution is -0.128. The molecule has 2 atom stereocenters. The van der Waals surface area contributed by atoms with Gasteiger partial charge < -0.3 is 9.80 Å². The predicted octanol–water partition coefficient (Wildman–Crippen LogP) is 2.76. The number of nitrogens with zero attached hydrogens (tertiary/aromatic N) is 5. The molecule has 1 aromatic carbocycles. The van der Waals surface area contributed by atoms with Crippen molar-refractivity contribution in [1.29, 1.82) is 0 Å². The van der Waals surface area contributed by atoms with Crippen LogP contribution in [0.25, 0.3) is 10.4 Å². The molecule has 118 valence electrons. The van der Waals surface area contributed by atoms with Crippen molar-refractivity contribution < 1.29 is 4.79 Å². The number of aryl methyl sites for hydroxylation is 1. The molecular weight excluding hydrogens is 278 g/mol. The summed E-state index contributed by atoms with van der Waals surface area (Å²) in [5.74, 6) is 0.293. The van der Waals surface area contributed by atoms with E-state index in [1.807, 2.05) is 19.0 Å². The minimum atomic E-state index is 0.143. The molecule has 1 fully saturated rings. The molecule has 2 unspecified atom stereocenters. The van der Waals surface area contributed by atoms with Crippen LogP contribution in [-0.4, -0.2) is 49.4 Å². The molecule has 1 saturated heterocycles. The van der Waals surface area contributed by atoms with Gasteiger partial charge in [0, 0.05) is 31.0 Å². The molecule has 0 N–H and O–H groups in total. The summed E-state index contributed by atoms with van der Waals surface area (Å²) in [6.07, 6.45) is 0.479. The highest BCUT2D eigenvalue weighted by molar-refractivity contribution is 5.78. The number of hydrogen-bond donors (Lipinski definition) is 0. The third-order valence-corrected chi connectivity index (χ3v) is 4.18. The number of likely N-dealkylation sites (N-methyl/N-ethyl adjacent to an activating group) is 1. The zero-order chi connectivity index (χ0) is 16.1. The standard InChI is InChI=1S/C16H23N5O/c1-12-4-6-14(7-5-12)15(20(2)3)11-21-10-13(8-16(21)22)9-18-19-17/h4-7,13,15H,8-11H2,1-3H3. The SMILES string of the molecule is Cc1ccc(C(CN2CC(CN=[N+]=[N-])CC2=O)N(C)C)cc1. The molecule has 1 aliphatic heterocycles. The largest absolute Gasteiger partial charge is 0.340 e. The van der Waals surface area contributed by atoms with Crippen molar-refractivity contribution in [2.75, 3.05) is 33.7 Å². The van der Waals surface area contributed by atoms with Crippen LogP contribution in [0.4, 0.5) is 0 Å². The Morgan fingerprint density at radius 2 is 2.09 bits per heavy atom. The molecule has 1 amide bonds. The molecule has 0 radical (unpaired) electrons. The first kappa shape index (κ1) is 16.3. The Labute approximate surface area is 131 Å². The number of azide groups is 1. The first-order chi connectivity index (χ1) is 10.5. The maximum absolute atomic E-state index is 12.2. The number of amides is 1. The van der Waals surface area contributed by atoms with E-state index in [4.69, 9.17) is 5.53 Å². The summed E-state index contributed by atoms with van der Waals surface area (Å²) in [7, 11) is 4.06. The van der Waals surface area contributed by atoms with Crippen molar-refractivity contribution in [2.24, 2.45) is 11.0 Å². The van der Waals surface area contributed by atoms with Crippen LogP contribution < -0.4 is 0 Å². The molecule has 0 aromatic heterocycles. The second-order valence-electron chi connectivity index (χ2n) is 6.17. The Morgan fingerprint density at radius 1 is 1.41 bits per heavy atom. The van der Waals surface area contributed by atoms with Crippen molar-refractivity contribution in [3.63, 3.8) is 0 Å². The minimum absolute atomic E-state index is 0.143. The first-order valence-electron chi connectivity index (χ1n) is 7.53. The smallest absolute Gasteiger partial charge is 0.222 e. The van der Waals surface area contributed by atoms with Crippen LogP contribution in [0.5, 0.6) is 0 Å². The molecule has 22 heavy (non-hydrogen) atoms. The molecule has 6 nitrogen and oxygen atoms in total. The molecule has 6 heteroatoms. The number of rotatable bonds is 6. The van der Waals surface area contributed by atoms with Crippen molar-refractivity contribution >= 4 is 5.91 Å². The summed E-state index contributed by atoms with van der Waals surface area (Å²) in [4.78, 5) is 19.0. The zero-order valence-corrected chi connectivity index (χ0v) is 13.4. The summed E-state index contributed by atoms with van der Waals surface area (Å²) < 4.78 is 0. The normalized spacial score (nSPS) is 19.4. The van der Waals surface area contributed by atoms with Crippen LogP contribution in [0.2, 0.25) is 0 Å². The van der Waals surface area contributed by atoms with Crippen LogP contribution in [0.15, 0.2) is 29.4 Å². The van der Waals surface area contributed by atoms with Crippen molar-refractivity contribution in [3.05, 3.63) is 45.8 Å². The number of carbonyl (C=O) groups is 1. The van der Waals surface area contributed by atoms with E-state index in [1.165, 1.54) is 11.1 Å². The Balaban J connectivity index is 2.06. The van der Waals surface area contributed by atoms with E-state index >= 15 is 0 Å². The van der Waals surface area contributed by atoms with Gasteiger partial charge in [-0.3, -0.25) is 4.79 Å². The first-order valence-corrected chi connectivity index (χ1v) is 7.53. The number of likely N-dealkylation sites (tertiary alicyclic amines) is 1.